The van der Waals surface area contributed by atoms with Crippen LogP contribution < -0.4 is 5.32 Å². The third-order valence-electron chi connectivity index (χ3n) is 17.1. The SMILES string of the molecule is C=C(C)C1C(=O)c2c3c(cc4c5c(n1c24)C1(C)C(CCC2C(C)(/C=C/C=C(\C)C(=O)NC4CCN(C(=O)OCC)CC4)C(O)CCC21C)C5)C1=CC(C)(C)OC(C)(C)C1C3O. The van der Waals surface area contributed by atoms with E-state index in [1.54, 1.807) is 11.8 Å². The van der Waals surface area contributed by atoms with E-state index in [4.69, 9.17) is 9.47 Å². The summed E-state index contributed by atoms with van der Waals surface area (Å²) in [6.45, 7) is 26.8. The molecule has 4 heterocycles. The number of benzene rings is 1. The number of piperidine rings is 1. The number of fused-ring (bicyclic) bond motifs is 11. The number of nitrogens with one attached hydrogen (secondary N) is 1. The fraction of sp³-hybridized carbons (Fsp3) is 0.627. The quantitative estimate of drug-likeness (QED) is 0.151. The van der Waals surface area contributed by atoms with Crippen molar-refractivity contribution in [3.05, 3.63) is 76.0 Å². The number of rotatable bonds is 6. The van der Waals surface area contributed by atoms with Crippen molar-refractivity contribution in [2.75, 3.05) is 19.7 Å². The van der Waals surface area contributed by atoms with Gasteiger partial charge < -0.3 is 34.5 Å². The van der Waals surface area contributed by atoms with Gasteiger partial charge in [-0.25, -0.2) is 4.79 Å². The number of aromatic nitrogens is 1. The number of carbonyl (C=O) groups excluding carboxylic acids is 3. The molecule has 1 aromatic carbocycles. The summed E-state index contributed by atoms with van der Waals surface area (Å²) in [7, 11) is 0. The normalized spacial score (nSPS) is 36.0. The summed E-state index contributed by atoms with van der Waals surface area (Å²) >= 11 is 0. The maximum absolute atomic E-state index is 15.0. The molecule has 4 aliphatic carbocycles. The van der Waals surface area contributed by atoms with Crippen LogP contribution in [0.25, 0.3) is 16.5 Å². The first-order chi connectivity index (χ1) is 28.6. The Kier molecular flexibility index (Phi) is 9.72. The van der Waals surface area contributed by atoms with Crippen LogP contribution in [0.2, 0.25) is 0 Å². The zero-order valence-electron chi connectivity index (χ0n) is 38.0. The largest absolute Gasteiger partial charge is 0.450 e. The number of hydrogen-bond donors (Lipinski definition) is 3. The molecule has 0 bridgehead atoms. The Labute approximate surface area is 361 Å². The number of ether oxygens (including phenoxy) is 2. The van der Waals surface area contributed by atoms with Crippen LogP contribution in [0.5, 0.6) is 0 Å². The highest BCUT2D eigenvalue weighted by molar-refractivity contribution is 6.18. The Balaban J connectivity index is 1.07. The molecule has 3 fully saturated rings. The number of aliphatic hydroxyl groups is 2. The van der Waals surface area contributed by atoms with Gasteiger partial charge in [0.15, 0.2) is 5.78 Å². The Hall–Kier alpha value is -3.99. The highest BCUT2D eigenvalue weighted by Gasteiger charge is 2.68. The summed E-state index contributed by atoms with van der Waals surface area (Å²) in [4.78, 5) is 42.2. The van der Waals surface area contributed by atoms with Gasteiger partial charge in [0.05, 0.1) is 41.1 Å². The van der Waals surface area contributed by atoms with Crippen LogP contribution in [0.1, 0.15) is 153 Å². The molecular formula is C51H67N3O7. The molecule has 3 aliphatic heterocycles. The van der Waals surface area contributed by atoms with E-state index in [-0.39, 0.29) is 46.5 Å². The van der Waals surface area contributed by atoms with Crippen LogP contribution in [-0.4, -0.2) is 80.5 Å². The molecule has 2 amide bonds. The van der Waals surface area contributed by atoms with Crippen molar-refractivity contribution in [1.82, 2.24) is 14.8 Å². The Bertz CT molecular complexity index is 2360. The predicted molar refractivity (Wildman–Crippen MR) is 237 cm³/mol. The van der Waals surface area contributed by atoms with E-state index in [2.05, 4.69) is 83.1 Å². The fourth-order valence-corrected chi connectivity index (χ4v) is 14.3. The van der Waals surface area contributed by atoms with E-state index in [0.717, 1.165) is 58.9 Å². The van der Waals surface area contributed by atoms with Crippen LogP contribution in [0, 0.1) is 28.6 Å². The van der Waals surface area contributed by atoms with Gasteiger partial charge >= 0.3 is 6.09 Å². The van der Waals surface area contributed by atoms with Gasteiger partial charge in [-0.2, -0.15) is 0 Å². The maximum atomic E-state index is 15.0. The van der Waals surface area contributed by atoms with Gasteiger partial charge in [0.2, 0.25) is 5.91 Å². The lowest BCUT2D eigenvalue weighted by Crippen LogP contribution is -2.62. The number of allylic oxidation sites excluding steroid dienone is 3. The van der Waals surface area contributed by atoms with Gasteiger partial charge in [0.1, 0.15) is 6.04 Å². The lowest BCUT2D eigenvalue weighted by Gasteiger charge is -2.64. The second-order valence-electron chi connectivity index (χ2n) is 21.5. The second-order valence-corrected chi connectivity index (χ2v) is 21.5. The number of hydrogen-bond acceptors (Lipinski definition) is 7. The Morgan fingerprint density at radius 3 is 2.41 bits per heavy atom. The molecule has 0 radical (unpaired) electrons. The highest BCUT2D eigenvalue weighted by Crippen LogP contribution is 2.71. The van der Waals surface area contributed by atoms with Crippen LogP contribution in [0.15, 0.2) is 48.1 Å². The number of ketones is 1. The number of aliphatic hydroxyl groups excluding tert-OH is 2. The summed E-state index contributed by atoms with van der Waals surface area (Å²) in [5, 5.41) is 28.5. The number of nitrogens with zero attached hydrogens (tertiary/aromatic N) is 2. The van der Waals surface area contributed by atoms with Crippen LogP contribution in [0.3, 0.4) is 0 Å². The molecule has 0 spiro atoms. The van der Waals surface area contributed by atoms with Crippen LogP contribution in [-0.2, 0) is 26.1 Å². The van der Waals surface area contributed by atoms with Gasteiger partial charge in [-0.3, -0.25) is 9.59 Å². The van der Waals surface area contributed by atoms with Gasteiger partial charge in [-0.15, -0.1) is 0 Å². The van der Waals surface area contributed by atoms with Crippen molar-refractivity contribution in [2.45, 2.75) is 155 Å². The number of carbonyl (C=O) groups is 3. The highest BCUT2D eigenvalue weighted by atomic mass is 16.6. The monoisotopic (exact) mass is 833 g/mol. The Morgan fingerprint density at radius 2 is 1.74 bits per heavy atom. The van der Waals surface area contributed by atoms with Crippen molar-refractivity contribution < 1.29 is 34.1 Å². The van der Waals surface area contributed by atoms with E-state index in [0.29, 0.717) is 56.0 Å². The van der Waals surface area contributed by atoms with Gasteiger partial charge in [0, 0.05) is 58.1 Å². The standard InChI is InChI=1S/C51H67N3O7/c1-12-60-46(59)53-22-18-30(19-23-53)52-45(58)28(4)14-13-20-49(9)35-16-15-29-24-33-32-25-31-34-26-47(5,6)61-48(7,8)39(34)42(56)37(31)38-41(32)54(40(27(2)3)43(38)57)44(33)51(29,11)50(35,10)21-17-36(49)55/h13-14,20,25-26,29-30,35-36,39-40,42,55-56H,2,12,15-19,21-24H2,1,3-11H3,(H,52,58)/b20-13+,28-14+. The van der Waals surface area contributed by atoms with Crippen molar-refractivity contribution in [3.8, 4) is 0 Å². The lowest BCUT2D eigenvalue weighted by molar-refractivity contribution is -0.144. The minimum Gasteiger partial charge on any atom is -0.450 e. The van der Waals surface area contributed by atoms with Gasteiger partial charge in [0.25, 0.3) is 0 Å². The molecule has 7 aliphatic rings. The van der Waals surface area contributed by atoms with E-state index < -0.39 is 34.9 Å². The first-order valence-electron chi connectivity index (χ1n) is 22.9. The molecular weight excluding hydrogens is 767 g/mol. The van der Waals surface area contributed by atoms with E-state index in [9.17, 15) is 19.8 Å². The molecule has 2 saturated carbocycles. The number of amides is 2. The number of likely N-dealkylation sites (tertiary alicyclic amines) is 1. The lowest BCUT2D eigenvalue weighted by atomic mass is 9.40. The molecule has 1 saturated heterocycles. The van der Waals surface area contributed by atoms with Crippen molar-refractivity contribution >= 4 is 34.3 Å². The first kappa shape index (κ1) is 42.3. The van der Waals surface area contributed by atoms with E-state index in [1.807, 2.05) is 26.0 Å². The van der Waals surface area contributed by atoms with Crippen LogP contribution >= 0.6 is 0 Å². The summed E-state index contributed by atoms with van der Waals surface area (Å²) in [5.41, 5.74) is 6.12. The zero-order valence-corrected chi connectivity index (χ0v) is 38.0. The van der Waals surface area contributed by atoms with Crippen molar-refractivity contribution in [3.63, 3.8) is 0 Å². The maximum Gasteiger partial charge on any atom is 0.409 e. The summed E-state index contributed by atoms with van der Waals surface area (Å²) in [6.07, 6.45) is 12.2. The molecule has 10 heteroatoms. The summed E-state index contributed by atoms with van der Waals surface area (Å²) in [5.74, 6) is 0.106. The zero-order chi connectivity index (χ0) is 43.9. The molecule has 2 aromatic rings. The summed E-state index contributed by atoms with van der Waals surface area (Å²) < 4.78 is 14.1. The van der Waals surface area contributed by atoms with Gasteiger partial charge in [-0.05, 0) is 140 Å². The molecule has 10 nitrogen and oxygen atoms in total. The minimum absolute atomic E-state index is 0.0140. The van der Waals surface area contributed by atoms with Gasteiger partial charge in [-0.1, -0.05) is 51.2 Å². The molecule has 9 rings (SSSR count). The third-order valence-corrected chi connectivity index (χ3v) is 17.1. The molecule has 328 valence electrons. The second kappa shape index (κ2) is 14.0. The topological polar surface area (TPSA) is 130 Å². The van der Waals surface area contributed by atoms with Crippen molar-refractivity contribution in [2.24, 2.45) is 28.6 Å². The fourth-order valence-electron chi connectivity index (χ4n) is 14.3. The Morgan fingerprint density at radius 1 is 1.03 bits per heavy atom. The molecule has 9 atom stereocenters. The average Bonchev–Trinajstić information content (AvgIpc) is 3.86. The third kappa shape index (κ3) is 5.86. The smallest absolute Gasteiger partial charge is 0.409 e. The number of Topliss-reactive ketones (excluding diaryl/α,β-unsaturated/α-hetero) is 1. The summed E-state index contributed by atoms with van der Waals surface area (Å²) in [6, 6.07) is 1.74. The molecule has 61 heavy (non-hydrogen) atoms. The first-order valence-corrected chi connectivity index (χ1v) is 22.9. The molecule has 1 aromatic heterocycles. The van der Waals surface area contributed by atoms with Crippen LogP contribution in [0.4, 0.5) is 4.79 Å². The molecule has 9 unspecified atom stereocenters. The minimum atomic E-state index is -0.871. The van der Waals surface area contributed by atoms with E-state index in [1.165, 1.54) is 11.3 Å². The average molecular weight is 834 g/mol. The van der Waals surface area contributed by atoms with E-state index >= 15 is 4.79 Å². The van der Waals surface area contributed by atoms with Crippen molar-refractivity contribution in [1.29, 1.82) is 0 Å². The molecule has 3 N–H and O–H groups in total. The predicted octanol–water partition coefficient (Wildman–Crippen LogP) is 8.84.